The van der Waals surface area contributed by atoms with Crippen LogP contribution in [-0.4, -0.2) is 52.0 Å². The van der Waals surface area contributed by atoms with E-state index in [1.807, 2.05) is 36.9 Å². The number of hydrogen-bond acceptors (Lipinski definition) is 6. The number of rotatable bonds is 3. The Bertz CT molecular complexity index is 1250. The van der Waals surface area contributed by atoms with Crippen LogP contribution < -0.4 is 10.6 Å². The molecule has 3 heterocycles. The molecule has 2 N–H and O–H groups in total. The predicted octanol–water partition coefficient (Wildman–Crippen LogP) is 4.28. The summed E-state index contributed by atoms with van der Waals surface area (Å²) in [5.41, 5.74) is 4.18. The first-order chi connectivity index (χ1) is 16.4. The van der Waals surface area contributed by atoms with Gasteiger partial charge < -0.3 is 20.3 Å². The second kappa shape index (κ2) is 9.04. The zero-order valence-electron chi connectivity index (χ0n) is 18.8. The van der Waals surface area contributed by atoms with Gasteiger partial charge in [0.2, 0.25) is 11.9 Å². The van der Waals surface area contributed by atoms with Crippen molar-refractivity contribution in [3.63, 3.8) is 0 Å². The summed E-state index contributed by atoms with van der Waals surface area (Å²) in [6, 6.07) is 12.6. The summed E-state index contributed by atoms with van der Waals surface area (Å²) in [5, 5.41) is 6.60. The molecule has 2 amide bonds. The van der Waals surface area contributed by atoms with Gasteiger partial charge in [-0.05, 0) is 56.3 Å². The highest BCUT2D eigenvalue weighted by Gasteiger charge is 2.26. The number of carbonyl (C=O) groups is 2. The van der Waals surface area contributed by atoms with E-state index in [0.29, 0.717) is 41.0 Å². The van der Waals surface area contributed by atoms with E-state index in [-0.39, 0.29) is 30.4 Å². The Hall–Kier alpha value is -3.49. The molecule has 5 rings (SSSR count). The van der Waals surface area contributed by atoms with Crippen LogP contribution in [0.15, 0.2) is 48.7 Å². The van der Waals surface area contributed by atoms with Crippen molar-refractivity contribution in [2.24, 2.45) is 0 Å². The highest BCUT2D eigenvalue weighted by Crippen LogP contribution is 2.34. The van der Waals surface area contributed by atoms with Crippen molar-refractivity contribution in [1.29, 1.82) is 0 Å². The summed E-state index contributed by atoms with van der Waals surface area (Å²) in [4.78, 5) is 36.1. The van der Waals surface area contributed by atoms with Crippen molar-refractivity contribution in [2.75, 3.05) is 23.7 Å². The summed E-state index contributed by atoms with van der Waals surface area (Å²) in [6.07, 6.45) is 1.88. The molecule has 8 nitrogen and oxygen atoms in total. The fourth-order valence-electron chi connectivity index (χ4n) is 4.37. The number of ether oxygens (including phenoxy) is 1. The van der Waals surface area contributed by atoms with Gasteiger partial charge in [0.15, 0.2) is 0 Å². The van der Waals surface area contributed by atoms with Gasteiger partial charge in [0, 0.05) is 46.7 Å². The van der Waals surface area contributed by atoms with Crippen LogP contribution in [0.4, 0.5) is 17.3 Å². The fraction of sp³-hybridized carbons (Fsp3) is 0.280. The summed E-state index contributed by atoms with van der Waals surface area (Å²) in [6.45, 7) is 5.11. The number of morpholine rings is 1. The molecular formula is C25H24ClN5O3. The Balaban J connectivity index is 1.36. The van der Waals surface area contributed by atoms with Crippen LogP contribution >= 0.6 is 11.6 Å². The molecule has 1 aromatic heterocycles. The van der Waals surface area contributed by atoms with Crippen LogP contribution in [0.2, 0.25) is 5.02 Å². The normalized spacial score (nSPS) is 19.5. The lowest BCUT2D eigenvalue weighted by atomic mass is 10.1. The highest BCUT2D eigenvalue weighted by molar-refractivity contribution is 6.31. The minimum absolute atomic E-state index is 0.0118. The lowest BCUT2D eigenvalue weighted by molar-refractivity contribution is -0.115. The van der Waals surface area contributed by atoms with Crippen LogP contribution in [0.3, 0.4) is 0 Å². The molecule has 0 bridgehead atoms. The quantitative estimate of drug-likeness (QED) is 0.584. The first kappa shape index (κ1) is 22.3. The monoisotopic (exact) mass is 477 g/mol. The lowest BCUT2D eigenvalue weighted by Crippen LogP contribution is -2.48. The predicted molar refractivity (Wildman–Crippen MR) is 130 cm³/mol. The van der Waals surface area contributed by atoms with E-state index in [2.05, 4.69) is 20.6 Å². The number of aromatic nitrogens is 2. The maximum Gasteiger partial charge on any atom is 0.254 e. The maximum atomic E-state index is 12.9. The molecule has 1 saturated heterocycles. The van der Waals surface area contributed by atoms with Gasteiger partial charge in [0.1, 0.15) is 0 Å². The Morgan fingerprint density at radius 2 is 1.88 bits per heavy atom. The first-order valence-electron chi connectivity index (χ1n) is 11.1. The van der Waals surface area contributed by atoms with E-state index in [1.54, 1.807) is 30.5 Å². The summed E-state index contributed by atoms with van der Waals surface area (Å²) in [5.74, 6) is 0.238. The zero-order chi connectivity index (χ0) is 23.8. The van der Waals surface area contributed by atoms with Gasteiger partial charge >= 0.3 is 0 Å². The van der Waals surface area contributed by atoms with E-state index in [1.165, 1.54) is 0 Å². The number of hydrogen-bond donors (Lipinski definition) is 2. The van der Waals surface area contributed by atoms with Gasteiger partial charge in [-0.3, -0.25) is 9.59 Å². The molecule has 2 aliphatic rings. The number of nitrogens with one attached hydrogen (secondary N) is 2. The lowest BCUT2D eigenvalue weighted by Gasteiger charge is -2.35. The van der Waals surface area contributed by atoms with Gasteiger partial charge in [-0.25, -0.2) is 9.97 Å². The molecule has 0 radical (unpaired) electrons. The van der Waals surface area contributed by atoms with Gasteiger partial charge in [-0.1, -0.05) is 11.6 Å². The van der Waals surface area contributed by atoms with E-state index in [0.717, 1.165) is 16.8 Å². The third-order valence-electron chi connectivity index (χ3n) is 5.82. The fourth-order valence-corrected chi connectivity index (χ4v) is 4.55. The molecule has 2 atom stereocenters. The molecule has 2 aliphatic heterocycles. The molecule has 174 valence electrons. The third-order valence-corrected chi connectivity index (χ3v) is 6.06. The Kier molecular flexibility index (Phi) is 5.93. The molecule has 3 aromatic rings. The second-order valence-corrected chi connectivity index (χ2v) is 9.09. The SMILES string of the molecule is CC1CN(C(=O)c2ccc(Nc3ncc4c(n3)-c3ccc(Cl)cc3NC(=O)C4)cc2)C[C@H](C)O1. The average Bonchev–Trinajstić information content (AvgIpc) is 2.93. The topological polar surface area (TPSA) is 96.5 Å². The Labute approximate surface area is 202 Å². The number of amides is 2. The van der Waals surface area contributed by atoms with E-state index in [9.17, 15) is 9.59 Å². The minimum Gasteiger partial charge on any atom is -0.372 e. The van der Waals surface area contributed by atoms with Crippen molar-refractivity contribution in [2.45, 2.75) is 32.5 Å². The highest BCUT2D eigenvalue weighted by atomic mass is 35.5. The number of halogens is 1. The third kappa shape index (κ3) is 4.60. The number of benzene rings is 2. The van der Waals surface area contributed by atoms with Crippen LogP contribution in [0.25, 0.3) is 11.3 Å². The van der Waals surface area contributed by atoms with Crippen molar-refractivity contribution >= 4 is 40.7 Å². The van der Waals surface area contributed by atoms with Crippen molar-refractivity contribution < 1.29 is 14.3 Å². The number of nitrogens with zero attached hydrogens (tertiary/aromatic N) is 3. The van der Waals surface area contributed by atoms with E-state index >= 15 is 0 Å². The molecule has 0 saturated carbocycles. The van der Waals surface area contributed by atoms with E-state index < -0.39 is 0 Å². The van der Waals surface area contributed by atoms with Gasteiger partial charge in [0.25, 0.3) is 5.91 Å². The summed E-state index contributed by atoms with van der Waals surface area (Å²) < 4.78 is 5.72. The van der Waals surface area contributed by atoms with Crippen LogP contribution in [0.5, 0.6) is 0 Å². The summed E-state index contributed by atoms with van der Waals surface area (Å²) >= 11 is 6.11. The van der Waals surface area contributed by atoms with Gasteiger partial charge in [-0.15, -0.1) is 0 Å². The smallest absolute Gasteiger partial charge is 0.254 e. The minimum atomic E-state index is -0.143. The Morgan fingerprint density at radius 3 is 2.62 bits per heavy atom. The largest absolute Gasteiger partial charge is 0.372 e. The van der Waals surface area contributed by atoms with Gasteiger partial charge in [-0.2, -0.15) is 0 Å². The average molecular weight is 478 g/mol. The standard InChI is InChI=1S/C25H24ClN5O3/c1-14-12-31(13-15(2)34-14)24(33)16-3-6-19(7-4-16)28-25-27-11-17-9-22(32)29-21-10-18(26)5-8-20(21)23(17)30-25/h3-8,10-11,14-15H,9,12-13H2,1-2H3,(H,29,32)(H,27,28,30)/t14-,15?/m0/s1. The van der Waals surface area contributed by atoms with Crippen molar-refractivity contribution in [3.05, 3.63) is 64.8 Å². The molecule has 1 unspecified atom stereocenters. The van der Waals surface area contributed by atoms with Crippen LogP contribution in [0, 0.1) is 0 Å². The second-order valence-electron chi connectivity index (χ2n) is 8.65. The van der Waals surface area contributed by atoms with Crippen LogP contribution in [0.1, 0.15) is 29.8 Å². The molecule has 34 heavy (non-hydrogen) atoms. The first-order valence-corrected chi connectivity index (χ1v) is 11.5. The number of fused-ring (bicyclic) bond motifs is 3. The molecule has 1 fully saturated rings. The number of carbonyl (C=O) groups excluding carboxylic acids is 2. The summed E-state index contributed by atoms with van der Waals surface area (Å²) in [7, 11) is 0. The Morgan fingerprint density at radius 1 is 1.15 bits per heavy atom. The zero-order valence-corrected chi connectivity index (χ0v) is 19.6. The maximum absolute atomic E-state index is 12.9. The van der Waals surface area contributed by atoms with E-state index in [4.69, 9.17) is 16.3 Å². The molecule has 0 aliphatic carbocycles. The van der Waals surface area contributed by atoms with Crippen LogP contribution in [-0.2, 0) is 16.0 Å². The molecule has 9 heteroatoms. The van der Waals surface area contributed by atoms with Crippen molar-refractivity contribution in [3.8, 4) is 11.3 Å². The number of anilines is 3. The van der Waals surface area contributed by atoms with Crippen molar-refractivity contribution in [1.82, 2.24) is 14.9 Å². The van der Waals surface area contributed by atoms with Gasteiger partial charge in [0.05, 0.1) is 30.0 Å². The molecular weight excluding hydrogens is 454 g/mol. The molecule has 0 spiro atoms. The molecule has 2 aromatic carbocycles.